The zero-order chi connectivity index (χ0) is 23.8. The Morgan fingerprint density at radius 3 is 1.88 bits per heavy atom. The number of hydrogen-bond acceptors (Lipinski definition) is 4. The molecule has 0 fully saturated rings. The number of alkyl halides is 3. The number of carbonyl (C=O) groups is 3. The Kier molecular flexibility index (Phi) is 5.59. The summed E-state index contributed by atoms with van der Waals surface area (Å²) in [4.78, 5) is 39.4. The fourth-order valence-electron chi connectivity index (χ4n) is 3.59. The molecule has 1 aliphatic rings. The lowest BCUT2D eigenvalue weighted by Gasteiger charge is -2.28. The minimum absolute atomic E-state index is 0.0704. The average molecular weight is 456 g/mol. The van der Waals surface area contributed by atoms with E-state index in [0.717, 1.165) is 24.3 Å². The molecule has 0 bridgehead atoms. The molecule has 0 spiro atoms. The van der Waals surface area contributed by atoms with Crippen LogP contribution in [-0.4, -0.2) is 23.1 Å². The second kappa shape index (κ2) is 8.25. The van der Waals surface area contributed by atoms with Crippen molar-refractivity contribution in [2.24, 2.45) is 0 Å². The lowest BCUT2D eigenvalue weighted by atomic mass is 10.0. The number of amides is 1. The summed E-state index contributed by atoms with van der Waals surface area (Å²) < 4.78 is 51.7. The van der Waals surface area contributed by atoms with Crippen LogP contribution in [0.5, 0.6) is 0 Å². The standard InChI is InChI=1S/C24H16F4N2O3/c25-17-11-5-14(6-12-17)13-29-23(20(31)18-3-1-2-4-19(18)21(23)32)30-22(33)15-7-9-16(10-8-15)24(26,27)28/h1-12,29H,13H2,(H,30,33). The van der Waals surface area contributed by atoms with Gasteiger partial charge in [0.05, 0.1) is 5.56 Å². The molecule has 5 nitrogen and oxygen atoms in total. The predicted octanol–water partition coefficient (Wildman–Crippen LogP) is 4.14. The second-order valence-electron chi connectivity index (χ2n) is 7.46. The van der Waals surface area contributed by atoms with Crippen LogP contribution < -0.4 is 10.6 Å². The fourth-order valence-corrected chi connectivity index (χ4v) is 3.59. The lowest BCUT2D eigenvalue weighted by Crippen LogP contribution is -2.66. The number of hydrogen-bond donors (Lipinski definition) is 2. The third-order valence-corrected chi connectivity index (χ3v) is 5.34. The Morgan fingerprint density at radius 1 is 0.818 bits per heavy atom. The number of Topliss-reactive ketones (excluding diaryl/α,β-unsaturated/α-hetero) is 2. The van der Waals surface area contributed by atoms with Gasteiger partial charge in [-0.25, -0.2) is 4.39 Å². The number of benzene rings is 3. The number of fused-ring (bicyclic) bond motifs is 1. The van der Waals surface area contributed by atoms with Crippen LogP contribution >= 0.6 is 0 Å². The average Bonchev–Trinajstić information content (AvgIpc) is 3.00. The maximum absolute atomic E-state index is 13.3. The first-order valence-corrected chi connectivity index (χ1v) is 9.80. The first-order chi connectivity index (χ1) is 15.6. The van der Waals surface area contributed by atoms with Gasteiger partial charge in [-0.15, -0.1) is 0 Å². The minimum atomic E-state index is -4.58. The monoisotopic (exact) mass is 456 g/mol. The van der Waals surface area contributed by atoms with E-state index in [1.54, 1.807) is 12.1 Å². The molecular weight excluding hydrogens is 440 g/mol. The van der Waals surface area contributed by atoms with E-state index in [0.29, 0.717) is 5.56 Å². The van der Waals surface area contributed by atoms with Crippen molar-refractivity contribution in [3.63, 3.8) is 0 Å². The van der Waals surface area contributed by atoms with E-state index in [4.69, 9.17) is 0 Å². The van der Waals surface area contributed by atoms with Crippen LogP contribution in [0, 0.1) is 5.82 Å². The highest BCUT2D eigenvalue weighted by molar-refractivity contribution is 6.33. The highest BCUT2D eigenvalue weighted by atomic mass is 19.4. The van der Waals surface area contributed by atoms with E-state index >= 15 is 0 Å². The molecule has 0 atom stereocenters. The maximum atomic E-state index is 13.3. The Balaban J connectivity index is 1.66. The van der Waals surface area contributed by atoms with E-state index in [-0.39, 0.29) is 23.2 Å². The number of rotatable bonds is 5. The number of nitrogens with one attached hydrogen (secondary N) is 2. The van der Waals surface area contributed by atoms with Crippen LogP contribution in [0.25, 0.3) is 0 Å². The topological polar surface area (TPSA) is 75.3 Å². The normalized spacial score (nSPS) is 14.8. The third-order valence-electron chi connectivity index (χ3n) is 5.34. The second-order valence-corrected chi connectivity index (χ2v) is 7.46. The van der Waals surface area contributed by atoms with Gasteiger partial charge in [0.2, 0.25) is 17.2 Å². The van der Waals surface area contributed by atoms with Gasteiger partial charge in [-0.1, -0.05) is 36.4 Å². The van der Waals surface area contributed by atoms with Crippen molar-refractivity contribution in [3.8, 4) is 0 Å². The molecule has 0 radical (unpaired) electrons. The third kappa shape index (κ3) is 4.14. The molecule has 2 N–H and O–H groups in total. The van der Waals surface area contributed by atoms with Crippen molar-refractivity contribution in [2.75, 3.05) is 0 Å². The van der Waals surface area contributed by atoms with Gasteiger partial charge in [0, 0.05) is 23.2 Å². The molecule has 33 heavy (non-hydrogen) atoms. The molecule has 1 amide bonds. The molecule has 168 valence electrons. The Hall–Kier alpha value is -3.85. The summed E-state index contributed by atoms with van der Waals surface area (Å²) in [5.74, 6) is -2.79. The molecule has 0 heterocycles. The number of carbonyl (C=O) groups excluding carboxylic acids is 3. The summed E-state index contributed by atoms with van der Waals surface area (Å²) in [7, 11) is 0. The van der Waals surface area contributed by atoms with E-state index in [1.807, 2.05) is 0 Å². The summed E-state index contributed by atoms with van der Waals surface area (Å²) >= 11 is 0. The van der Waals surface area contributed by atoms with E-state index < -0.39 is 40.7 Å². The molecule has 0 saturated heterocycles. The maximum Gasteiger partial charge on any atom is 0.416 e. The molecule has 1 aliphatic carbocycles. The van der Waals surface area contributed by atoms with Gasteiger partial charge < -0.3 is 5.32 Å². The highest BCUT2D eigenvalue weighted by Crippen LogP contribution is 2.31. The van der Waals surface area contributed by atoms with Gasteiger partial charge in [-0.05, 0) is 42.0 Å². The summed E-state index contributed by atoms with van der Waals surface area (Å²) in [5.41, 5.74) is -2.54. The van der Waals surface area contributed by atoms with Crippen molar-refractivity contribution in [1.82, 2.24) is 10.6 Å². The summed E-state index contributed by atoms with van der Waals surface area (Å²) in [6.07, 6.45) is -4.58. The van der Waals surface area contributed by atoms with Gasteiger partial charge in [0.15, 0.2) is 0 Å². The largest absolute Gasteiger partial charge is 0.416 e. The first kappa shape index (κ1) is 22.3. The highest BCUT2D eigenvalue weighted by Gasteiger charge is 2.54. The van der Waals surface area contributed by atoms with Crippen molar-refractivity contribution in [2.45, 2.75) is 18.4 Å². The Morgan fingerprint density at radius 2 is 1.36 bits per heavy atom. The fraction of sp³-hybridized carbons (Fsp3) is 0.125. The molecule has 0 aromatic heterocycles. The predicted molar refractivity (Wildman–Crippen MR) is 110 cm³/mol. The summed E-state index contributed by atoms with van der Waals surface area (Å²) in [6.45, 7) is -0.0704. The molecular formula is C24H16F4N2O3. The van der Waals surface area contributed by atoms with Crippen molar-refractivity contribution in [1.29, 1.82) is 0 Å². The smallest absolute Gasteiger partial charge is 0.321 e. The first-order valence-electron chi connectivity index (χ1n) is 9.80. The van der Waals surface area contributed by atoms with Crippen LogP contribution in [0.15, 0.2) is 72.8 Å². The SMILES string of the molecule is O=C(NC1(NCc2ccc(F)cc2)C(=O)c2ccccc2C1=O)c1ccc(C(F)(F)F)cc1. The zero-order valence-electron chi connectivity index (χ0n) is 16.9. The van der Waals surface area contributed by atoms with Crippen LogP contribution in [-0.2, 0) is 12.7 Å². The van der Waals surface area contributed by atoms with Gasteiger partial charge in [-0.2, -0.15) is 13.2 Å². The Bertz CT molecular complexity index is 1200. The molecule has 0 aliphatic heterocycles. The molecule has 0 unspecified atom stereocenters. The quantitative estimate of drug-likeness (QED) is 0.344. The Labute approximate surface area is 185 Å². The van der Waals surface area contributed by atoms with Gasteiger partial charge >= 0.3 is 6.18 Å². The van der Waals surface area contributed by atoms with Crippen LogP contribution in [0.2, 0.25) is 0 Å². The minimum Gasteiger partial charge on any atom is -0.321 e. The van der Waals surface area contributed by atoms with Crippen molar-refractivity contribution < 1.29 is 31.9 Å². The number of halogens is 4. The van der Waals surface area contributed by atoms with Crippen LogP contribution in [0.3, 0.4) is 0 Å². The molecule has 9 heteroatoms. The van der Waals surface area contributed by atoms with Crippen LogP contribution in [0.4, 0.5) is 17.6 Å². The number of ketones is 2. The summed E-state index contributed by atoms with van der Waals surface area (Å²) in [6, 6.07) is 14.7. The van der Waals surface area contributed by atoms with E-state index in [9.17, 15) is 31.9 Å². The molecule has 4 rings (SSSR count). The summed E-state index contributed by atoms with van der Waals surface area (Å²) in [5, 5.41) is 5.17. The van der Waals surface area contributed by atoms with Gasteiger partial charge in [-0.3, -0.25) is 19.7 Å². The van der Waals surface area contributed by atoms with E-state index in [1.165, 1.54) is 36.4 Å². The zero-order valence-corrected chi connectivity index (χ0v) is 16.9. The van der Waals surface area contributed by atoms with Crippen LogP contribution in [0.1, 0.15) is 42.2 Å². The molecule has 3 aromatic rings. The lowest BCUT2D eigenvalue weighted by molar-refractivity contribution is -0.137. The van der Waals surface area contributed by atoms with Crippen molar-refractivity contribution >= 4 is 17.5 Å². The van der Waals surface area contributed by atoms with Gasteiger partial charge in [0.25, 0.3) is 5.91 Å². The van der Waals surface area contributed by atoms with Crippen molar-refractivity contribution in [3.05, 3.63) is 106 Å². The van der Waals surface area contributed by atoms with Gasteiger partial charge in [0.1, 0.15) is 5.82 Å². The van der Waals surface area contributed by atoms with E-state index in [2.05, 4.69) is 10.6 Å². The molecule has 0 saturated carbocycles. The molecule has 3 aromatic carbocycles.